The normalized spacial score (nSPS) is 15.8. The van der Waals surface area contributed by atoms with Crippen molar-refractivity contribution in [3.8, 4) is 0 Å². The molecule has 0 aromatic heterocycles. The van der Waals surface area contributed by atoms with Gasteiger partial charge in [-0.2, -0.15) is 0 Å². The Hall–Kier alpha value is -2.36. The highest BCUT2D eigenvalue weighted by Crippen LogP contribution is 2.18. The molecule has 2 aromatic carbocycles. The largest absolute Gasteiger partial charge is 0.340 e. The van der Waals surface area contributed by atoms with Crippen molar-refractivity contribution < 1.29 is 9.59 Å². The molecule has 1 saturated heterocycles. The molecule has 1 heterocycles. The first-order valence-corrected chi connectivity index (χ1v) is 8.20. The summed E-state index contributed by atoms with van der Waals surface area (Å²) in [6.07, 6.45) is 0.915. The predicted molar refractivity (Wildman–Crippen MR) is 90.9 cm³/mol. The number of carbonyl (C=O) groups excluding carboxylic acids is 2. The fourth-order valence-corrected chi connectivity index (χ4v) is 3.06. The molecule has 0 saturated carbocycles. The molecule has 23 heavy (non-hydrogen) atoms. The van der Waals surface area contributed by atoms with E-state index in [1.165, 1.54) is 10.8 Å². The highest BCUT2D eigenvalue weighted by molar-refractivity contribution is 5.83. The second kappa shape index (κ2) is 6.82. The van der Waals surface area contributed by atoms with Gasteiger partial charge >= 0.3 is 0 Å². The van der Waals surface area contributed by atoms with Crippen LogP contribution in [0.5, 0.6) is 0 Å². The minimum absolute atomic E-state index is 0.129. The van der Waals surface area contributed by atoms with Crippen LogP contribution < -0.4 is 0 Å². The van der Waals surface area contributed by atoms with E-state index in [4.69, 9.17) is 0 Å². The van der Waals surface area contributed by atoms with Crippen LogP contribution in [0.4, 0.5) is 0 Å². The van der Waals surface area contributed by atoms with E-state index in [0.29, 0.717) is 39.0 Å². The summed E-state index contributed by atoms with van der Waals surface area (Å²) >= 11 is 0. The van der Waals surface area contributed by atoms with Crippen molar-refractivity contribution in [1.29, 1.82) is 0 Å². The molecule has 0 aliphatic carbocycles. The number of fused-ring (bicyclic) bond motifs is 1. The quantitative estimate of drug-likeness (QED) is 0.874. The molecular formula is C19H22N2O2. The summed E-state index contributed by atoms with van der Waals surface area (Å²) < 4.78 is 0. The van der Waals surface area contributed by atoms with Crippen LogP contribution in [0, 0.1) is 0 Å². The second-order valence-corrected chi connectivity index (χ2v) is 5.98. The summed E-state index contributed by atoms with van der Waals surface area (Å²) in [5.41, 5.74) is 1.13. The highest BCUT2D eigenvalue weighted by Gasteiger charge is 2.23. The van der Waals surface area contributed by atoms with Crippen LogP contribution in [0.1, 0.15) is 25.3 Å². The summed E-state index contributed by atoms with van der Waals surface area (Å²) in [4.78, 5) is 27.8. The lowest BCUT2D eigenvalue weighted by Crippen LogP contribution is -2.35. The zero-order chi connectivity index (χ0) is 16.2. The van der Waals surface area contributed by atoms with Crippen LogP contribution >= 0.6 is 0 Å². The molecule has 3 rings (SSSR count). The molecule has 0 N–H and O–H groups in total. The molecule has 2 amide bonds. The number of rotatable bonds is 3. The number of carbonyl (C=O) groups is 2. The van der Waals surface area contributed by atoms with Gasteiger partial charge in [-0.3, -0.25) is 9.59 Å². The molecule has 0 bridgehead atoms. The molecule has 0 radical (unpaired) electrons. The Labute approximate surface area is 136 Å². The lowest BCUT2D eigenvalue weighted by molar-refractivity contribution is -0.130. The van der Waals surface area contributed by atoms with Crippen molar-refractivity contribution in [3.63, 3.8) is 0 Å². The summed E-state index contributed by atoms with van der Waals surface area (Å²) in [5, 5.41) is 2.40. The predicted octanol–water partition coefficient (Wildman–Crippen LogP) is 2.81. The van der Waals surface area contributed by atoms with E-state index in [1.54, 1.807) is 4.90 Å². The van der Waals surface area contributed by atoms with Gasteiger partial charge in [0.05, 0.1) is 0 Å². The lowest BCUT2D eigenvalue weighted by atomic mass is 10.1. The summed E-state index contributed by atoms with van der Waals surface area (Å²) in [5.74, 6) is 0.259. The number of hydrogen-bond acceptors (Lipinski definition) is 2. The van der Waals surface area contributed by atoms with E-state index in [-0.39, 0.29) is 11.8 Å². The average molecular weight is 310 g/mol. The Kier molecular flexibility index (Phi) is 4.60. The number of amides is 2. The molecule has 4 heteroatoms. The van der Waals surface area contributed by atoms with Crippen LogP contribution in [0.3, 0.4) is 0 Å². The van der Waals surface area contributed by atoms with Crippen LogP contribution in [-0.2, 0) is 16.1 Å². The fourth-order valence-electron chi connectivity index (χ4n) is 3.06. The Morgan fingerprint density at radius 1 is 1.04 bits per heavy atom. The van der Waals surface area contributed by atoms with Crippen LogP contribution in [0.25, 0.3) is 10.8 Å². The first-order chi connectivity index (χ1) is 11.2. The van der Waals surface area contributed by atoms with Crippen molar-refractivity contribution in [1.82, 2.24) is 9.80 Å². The maximum absolute atomic E-state index is 12.3. The van der Waals surface area contributed by atoms with Gasteiger partial charge in [0.15, 0.2) is 0 Å². The molecule has 1 aliphatic rings. The molecule has 0 atom stereocenters. The molecule has 1 aliphatic heterocycles. The van der Waals surface area contributed by atoms with Gasteiger partial charge in [-0.05, 0) is 22.4 Å². The van der Waals surface area contributed by atoms with Crippen molar-refractivity contribution in [3.05, 3.63) is 48.0 Å². The summed E-state index contributed by atoms with van der Waals surface area (Å²) in [6, 6.07) is 14.5. The maximum atomic E-state index is 12.3. The Morgan fingerprint density at radius 2 is 1.83 bits per heavy atom. The number of hydrogen-bond donors (Lipinski definition) is 0. The van der Waals surface area contributed by atoms with Gasteiger partial charge in [0, 0.05) is 39.0 Å². The third kappa shape index (κ3) is 3.52. The minimum atomic E-state index is 0.129. The Morgan fingerprint density at radius 3 is 2.61 bits per heavy atom. The van der Waals surface area contributed by atoms with Gasteiger partial charge in [0.25, 0.3) is 0 Å². The number of benzene rings is 2. The molecule has 4 nitrogen and oxygen atoms in total. The third-order valence-corrected chi connectivity index (χ3v) is 4.43. The third-order valence-electron chi connectivity index (χ3n) is 4.43. The van der Waals surface area contributed by atoms with Gasteiger partial charge < -0.3 is 9.80 Å². The maximum Gasteiger partial charge on any atom is 0.224 e. The second-order valence-electron chi connectivity index (χ2n) is 5.98. The standard InChI is InChI=1S/C19H22N2O2/c1-2-18(22)20-10-9-19(23)21(12-11-20)14-15-7-8-16-5-3-4-6-17(16)13-15/h3-8,13H,2,9-12,14H2,1H3. The molecule has 0 unspecified atom stereocenters. The van der Waals surface area contributed by atoms with Gasteiger partial charge in [0.1, 0.15) is 0 Å². The fraction of sp³-hybridized carbons (Fsp3) is 0.368. The Balaban J connectivity index is 1.72. The van der Waals surface area contributed by atoms with Gasteiger partial charge in [-0.1, -0.05) is 43.3 Å². The number of nitrogens with zero attached hydrogens (tertiary/aromatic N) is 2. The molecule has 1 fully saturated rings. The van der Waals surface area contributed by atoms with Crippen LogP contribution in [0.2, 0.25) is 0 Å². The van der Waals surface area contributed by atoms with Crippen molar-refractivity contribution in [2.75, 3.05) is 19.6 Å². The Bertz CT molecular complexity index is 726. The van der Waals surface area contributed by atoms with Gasteiger partial charge in [-0.25, -0.2) is 0 Å². The summed E-state index contributed by atoms with van der Waals surface area (Å²) in [6.45, 7) is 4.25. The molecular weight excluding hydrogens is 288 g/mol. The van der Waals surface area contributed by atoms with E-state index in [2.05, 4.69) is 30.3 Å². The van der Waals surface area contributed by atoms with Crippen LogP contribution in [-0.4, -0.2) is 41.2 Å². The zero-order valence-electron chi connectivity index (χ0n) is 13.5. The zero-order valence-corrected chi connectivity index (χ0v) is 13.5. The monoisotopic (exact) mass is 310 g/mol. The van der Waals surface area contributed by atoms with E-state index < -0.39 is 0 Å². The first-order valence-electron chi connectivity index (χ1n) is 8.20. The van der Waals surface area contributed by atoms with Crippen molar-refractivity contribution >= 4 is 22.6 Å². The van der Waals surface area contributed by atoms with Gasteiger partial charge in [-0.15, -0.1) is 0 Å². The highest BCUT2D eigenvalue weighted by atomic mass is 16.2. The first kappa shape index (κ1) is 15.5. The smallest absolute Gasteiger partial charge is 0.224 e. The minimum Gasteiger partial charge on any atom is -0.340 e. The van der Waals surface area contributed by atoms with Crippen molar-refractivity contribution in [2.45, 2.75) is 26.3 Å². The molecule has 2 aromatic rings. The summed E-state index contributed by atoms with van der Waals surface area (Å²) in [7, 11) is 0. The topological polar surface area (TPSA) is 40.6 Å². The van der Waals surface area contributed by atoms with Gasteiger partial charge in [0.2, 0.25) is 11.8 Å². The van der Waals surface area contributed by atoms with E-state index in [1.807, 2.05) is 24.0 Å². The average Bonchev–Trinajstić information content (AvgIpc) is 2.76. The van der Waals surface area contributed by atoms with E-state index in [0.717, 1.165) is 5.56 Å². The lowest BCUT2D eigenvalue weighted by Gasteiger charge is -2.22. The molecule has 0 spiro atoms. The molecule has 120 valence electrons. The van der Waals surface area contributed by atoms with Crippen molar-refractivity contribution in [2.24, 2.45) is 0 Å². The van der Waals surface area contributed by atoms with Crippen LogP contribution in [0.15, 0.2) is 42.5 Å². The van der Waals surface area contributed by atoms with E-state index in [9.17, 15) is 9.59 Å². The SMILES string of the molecule is CCC(=O)N1CCC(=O)N(Cc2ccc3ccccc3c2)CC1. The van der Waals surface area contributed by atoms with E-state index >= 15 is 0 Å².